The summed E-state index contributed by atoms with van der Waals surface area (Å²) in [7, 11) is 0. The van der Waals surface area contributed by atoms with Crippen molar-refractivity contribution < 1.29 is 0 Å². The van der Waals surface area contributed by atoms with Gasteiger partial charge in [-0.05, 0) is 51.7 Å². The van der Waals surface area contributed by atoms with Crippen molar-refractivity contribution in [2.24, 2.45) is 5.84 Å². The molecule has 0 bridgehead atoms. The van der Waals surface area contributed by atoms with Gasteiger partial charge in [-0.2, -0.15) is 0 Å². The zero-order valence-electron chi connectivity index (χ0n) is 8.56. The van der Waals surface area contributed by atoms with E-state index in [1.165, 1.54) is 8.45 Å². The van der Waals surface area contributed by atoms with Gasteiger partial charge in [-0.3, -0.25) is 16.3 Å². The van der Waals surface area contributed by atoms with Gasteiger partial charge in [0.1, 0.15) is 0 Å². The number of thiophene rings is 1. The van der Waals surface area contributed by atoms with E-state index in [4.69, 9.17) is 5.84 Å². The van der Waals surface area contributed by atoms with E-state index in [-0.39, 0.29) is 6.04 Å². The minimum absolute atomic E-state index is 0.134. The lowest BCUT2D eigenvalue weighted by Gasteiger charge is -2.13. The molecule has 5 heteroatoms. The first-order valence-corrected chi connectivity index (χ1v) is 6.85. The summed E-state index contributed by atoms with van der Waals surface area (Å²) in [5, 5.41) is 2.13. The summed E-state index contributed by atoms with van der Waals surface area (Å²) in [5.74, 6) is 5.59. The molecule has 16 heavy (non-hydrogen) atoms. The Morgan fingerprint density at radius 1 is 1.50 bits per heavy atom. The van der Waals surface area contributed by atoms with Gasteiger partial charge in [0.25, 0.3) is 0 Å². The topological polar surface area (TPSA) is 50.9 Å². The Balaban J connectivity index is 2.12. The van der Waals surface area contributed by atoms with Crippen LogP contribution in [0.25, 0.3) is 0 Å². The minimum atomic E-state index is 0.134. The van der Waals surface area contributed by atoms with Crippen LogP contribution in [-0.4, -0.2) is 4.98 Å². The second-order valence-electron chi connectivity index (χ2n) is 3.43. The van der Waals surface area contributed by atoms with E-state index in [0.717, 1.165) is 12.1 Å². The van der Waals surface area contributed by atoms with E-state index >= 15 is 0 Å². The number of hydrogen-bond donors (Lipinski definition) is 2. The molecule has 0 aliphatic heterocycles. The number of nitrogens with one attached hydrogen (secondary N) is 1. The Labute approximate surface area is 112 Å². The van der Waals surface area contributed by atoms with Crippen molar-refractivity contribution >= 4 is 33.9 Å². The molecule has 84 valence electrons. The predicted molar refractivity (Wildman–Crippen MR) is 75.0 cm³/mol. The summed E-state index contributed by atoms with van der Waals surface area (Å²) in [4.78, 5) is 4.30. The molecule has 1 atom stereocenters. The molecule has 0 aromatic carbocycles. The quantitative estimate of drug-likeness (QED) is 0.509. The Morgan fingerprint density at radius 2 is 2.38 bits per heavy atom. The molecule has 0 radical (unpaired) electrons. The highest BCUT2D eigenvalue weighted by atomic mass is 127. The highest BCUT2D eigenvalue weighted by Gasteiger charge is 2.12. The number of pyridine rings is 1. The van der Waals surface area contributed by atoms with Gasteiger partial charge in [0.2, 0.25) is 0 Å². The van der Waals surface area contributed by atoms with Crippen LogP contribution >= 0.6 is 33.9 Å². The van der Waals surface area contributed by atoms with Crippen molar-refractivity contribution in [1.29, 1.82) is 0 Å². The SMILES string of the molecule is NNC(Cc1ccccn1)c1csc(I)c1. The number of nitrogens with two attached hydrogens (primary N) is 1. The van der Waals surface area contributed by atoms with Gasteiger partial charge in [0.15, 0.2) is 0 Å². The Bertz CT molecular complexity index is 444. The lowest BCUT2D eigenvalue weighted by atomic mass is 10.1. The van der Waals surface area contributed by atoms with E-state index in [0.29, 0.717) is 0 Å². The lowest BCUT2D eigenvalue weighted by Crippen LogP contribution is -2.29. The third-order valence-corrected chi connectivity index (χ3v) is 4.14. The van der Waals surface area contributed by atoms with Gasteiger partial charge in [0.05, 0.1) is 8.93 Å². The van der Waals surface area contributed by atoms with Gasteiger partial charge in [-0.25, -0.2) is 0 Å². The molecule has 0 aliphatic carbocycles. The maximum Gasteiger partial charge on any atom is 0.0656 e. The molecular formula is C11H12IN3S. The maximum absolute atomic E-state index is 5.59. The third-order valence-electron chi connectivity index (χ3n) is 2.33. The fourth-order valence-electron chi connectivity index (χ4n) is 1.51. The summed E-state index contributed by atoms with van der Waals surface area (Å²) in [6, 6.07) is 8.21. The molecule has 2 aromatic rings. The Morgan fingerprint density at radius 3 is 2.94 bits per heavy atom. The first kappa shape index (κ1) is 12.0. The normalized spacial score (nSPS) is 12.6. The lowest BCUT2D eigenvalue weighted by molar-refractivity contribution is 0.547. The van der Waals surface area contributed by atoms with Crippen LogP contribution in [0.2, 0.25) is 0 Å². The van der Waals surface area contributed by atoms with Crippen LogP contribution in [0, 0.1) is 2.88 Å². The second-order valence-corrected chi connectivity index (χ2v) is 6.23. The molecule has 2 aromatic heterocycles. The number of nitrogens with zero attached hydrogens (tertiary/aromatic N) is 1. The second kappa shape index (κ2) is 5.72. The van der Waals surface area contributed by atoms with E-state index < -0.39 is 0 Å². The molecule has 0 saturated carbocycles. The molecule has 2 rings (SSSR count). The number of aromatic nitrogens is 1. The fourth-order valence-corrected chi connectivity index (χ4v) is 2.93. The Kier molecular flexibility index (Phi) is 4.28. The summed E-state index contributed by atoms with van der Waals surface area (Å²) in [6.45, 7) is 0. The summed E-state index contributed by atoms with van der Waals surface area (Å²) < 4.78 is 1.27. The number of rotatable bonds is 4. The van der Waals surface area contributed by atoms with Crippen LogP contribution in [0.4, 0.5) is 0 Å². The van der Waals surface area contributed by atoms with E-state index in [1.54, 1.807) is 17.5 Å². The van der Waals surface area contributed by atoms with Gasteiger partial charge < -0.3 is 0 Å². The molecule has 0 saturated heterocycles. The third kappa shape index (κ3) is 3.00. The molecule has 0 spiro atoms. The van der Waals surface area contributed by atoms with Crippen molar-refractivity contribution in [2.75, 3.05) is 0 Å². The largest absolute Gasteiger partial charge is 0.271 e. The van der Waals surface area contributed by atoms with Crippen molar-refractivity contribution in [2.45, 2.75) is 12.5 Å². The Hall–Kier alpha value is -0.500. The fraction of sp³-hybridized carbons (Fsp3) is 0.182. The monoisotopic (exact) mass is 345 g/mol. The van der Waals surface area contributed by atoms with E-state index in [9.17, 15) is 0 Å². The van der Waals surface area contributed by atoms with Gasteiger partial charge >= 0.3 is 0 Å². The number of halogens is 1. The average Bonchev–Trinajstić information content (AvgIpc) is 2.74. The zero-order chi connectivity index (χ0) is 11.4. The molecule has 0 aliphatic rings. The molecule has 1 unspecified atom stereocenters. The van der Waals surface area contributed by atoms with Crippen LogP contribution in [0.15, 0.2) is 35.8 Å². The van der Waals surface area contributed by atoms with E-state index in [1.807, 2.05) is 18.2 Å². The van der Waals surface area contributed by atoms with Crippen LogP contribution in [-0.2, 0) is 6.42 Å². The smallest absolute Gasteiger partial charge is 0.0656 e. The van der Waals surface area contributed by atoms with Crippen molar-refractivity contribution in [3.8, 4) is 0 Å². The molecule has 3 nitrogen and oxygen atoms in total. The summed E-state index contributed by atoms with van der Waals surface area (Å²) >= 11 is 4.05. The number of hydrogen-bond acceptors (Lipinski definition) is 4. The summed E-state index contributed by atoms with van der Waals surface area (Å²) in [6.07, 6.45) is 2.62. The molecule has 3 N–H and O–H groups in total. The molecular weight excluding hydrogens is 333 g/mol. The summed E-state index contributed by atoms with van der Waals surface area (Å²) in [5.41, 5.74) is 5.12. The predicted octanol–water partition coefficient (Wildman–Crippen LogP) is 2.49. The maximum atomic E-state index is 5.59. The molecule has 0 fully saturated rings. The molecule has 2 heterocycles. The molecule has 0 amide bonds. The van der Waals surface area contributed by atoms with Gasteiger partial charge in [-0.15, -0.1) is 11.3 Å². The van der Waals surface area contributed by atoms with Crippen LogP contribution in [0.5, 0.6) is 0 Å². The standard InChI is InChI=1S/C11H12IN3S/c12-11-5-8(7-16-11)10(15-13)6-9-3-1-2-4-14-9/h1-5,7,10,15H,6,13H2. The van der Waals surface area contributed by atoms with Crippen LogP contribution in [0.3, 0.4) is 0 Å². The van der Waals surface area contributed by atoms with Crippen molar-refractivity contribution in [1.82, 2.24) is 10.4 Å². The zero-order valence-corrected chi connectivity index (χ0v) is 11.5. The average molecular weight is 345 g/mol. The highest BCUT2D eigenvalue weighted by molar-refractivity contribution is 14.1. The van der Waals surface area contributed by atoms with Crippen molar-refractivity contribution in [3.63, 3.8) is 0 Å². The van der Waals surface area contributed by atoms with E-state index in [2.05, 4.69) is 44.4 Å². The van der Waals surface area contributed by atoms with Gasteiger partial charge in [-0.1, -0.05) is 6.07 Å². The first-order chi connectivity index (χ1) is 7.79. The highest BCUT2D eigenvalue weighted by Crippen LogP contribution is 2.23. The van der Waals surface area contributed by atoms with Crippen LogP contribution < -0.4 is 11.3 Å². The van der Waals surface area contributed by atoms with Gasteiger partial charge in [0, 0.05) is 18.3 Å². The first-order valence-electron chi connectivity index (χ1n) is 4.89. The number of hydrazine groups is 1. The van der Waals surface area contributed by atoms with Crippen LogP contribution in [0.1, 0.15) is 17.3 Å². The van der Waals surface area contributed by atoms with Crippen molar-refractivity contribution in [3.05, 3.63) is 50.0 Å². The minimum Gasteiger partial charge on any atom is -0.271 e.